The highest BCUT2D eigenvalue weighted by atomic mass is 16.4. The molecule has 0 radical (unpaired) electrons. The monoisotopic (exact) mass is 679 g/mol. The lowest BCUT2D eigenvalue weighted by Crippen LogP contribution is -2.58. The molecule has 16 N–H and O–H groups in total. The average molecular weight is 680 g/mol. The fourth-order valence-electron chi connectivity index (χ4n) is 5.04. The molecule has 0 aliphatic heterocycles. The number of aliphatic carboxylic acids is 1. The topological polar surface area (TPSA) is 315 Å². The SMILES string of the molecule is NC(N)=NCCCC(N)C(=O)NC(Cc1c[nH]c2ccccc12)C(=O)NC(Cc1ccc(O)cc1)C(=O)NC(CCCN=C(N)N)C(=O)O. The molecule has 3 amide bonds. The number of fused-ring (bicyclic) bond motifs is 1. The molecule has 4 unspecified atom stereocenters. The van der Waals surface area contributed by atoms with Gasteiger partial charge in [0.15, 0.2) is 11.9 Å². The molecule has 3 aromatic rings. The second-order valence-corrected chi connectivity index (χ2v) is 11.5. The number of carboxylic acids is 1. The smallest absolute Gasteiger partial charge is 0.326 e. The number of phenolic OH excluding ortho intramolecular Hbond substituents is 1. The molecule has 0 aliphatic rings. The second kappa shape index (κ2) is 18.5. The van der Waals surface area contributed by atoms with Gasteiger partial charge in [-0.25, -0.2) is 4.79 Å². The number of benzene rings is 2. The predicted molar refractivity (Wildman–Crippen MR) is 185 cm³/mol. The third-order valence-electron chi connectivity index (χ3n) is 7.61. The average Bonchev–Trinajstić information content (AvgIpc) is 3.46. The van der Waals surface area contributed by atoms with E-state index in [9.17, 15) is 29.4 Å². The van der Waals surface area contributed by atoms with Crippen LogP contribution in [0.15, 0.2) is 64.7 Å². The Bertz CT molecular complexity index is 1630. The summed E-state index contributed by atoms with van der Waals surface area (Å²) in [7, 11) is 0. The van der Waals surface area contributed by atoms with Gasteiger partial charge in [0.1, 0.15) is 23.9 Å². The number of guanidine groups is 2. The molecule has 4 atom stereocenters. The normalized spacial score (nSPS) is 13.3. The Morgan fingerprint density at radius 2 is 1.29 bits per heavy atom. The molecule has 17 heteroatoms. The lowest BCUT2D eigenvalue weighted by Gasteiger charge is -2.25. The molecular formula is C32H45N11O6. The van der Waals surface area contributed by atoms with E-state index in [1.807, 2.05) is 24.3 Å². The lowest BCUT2D eigenvalue weighted by atomic mass is 10.0. The van der Waals surface area contributed by atoms with Crippen molar-refractivity contribution in [2.75, 3.05) is 13.1 Å². The summed E-state index contributed by atoms with van der Waals surface area (Å²) in [6.07, 6.45) is 2.63. The molecule has 0 aliphatic carbocycles. The van der Waals surface area contributed by atoms with Crippen molar-refractivity contribution >= 4 is 46.5 Å². The van der Waals surface area contributed by atoms with Crippen LogP contribution in [0.3, 0.4) is 0 Å². The van der Waals surface area contributed by atoms with Crippen LogP contribution in [0.1, 0.15) is 36.8 Å². The number of aromatic nitrogens is 1. The van der Waals surface area contributed by atoms with Crippen molar-refractivity contribution in [2.24, 2.45) is 38.7 Å². The van der Waals surface area contributed by atoms with Gasteiger partial charge in [0, 0.05) is 43.0 Å². The summed E-state index contributed by atoms with van der Waals surface area (Å²) in [5.74, 6) is -3.60. The van der Waals surface area contributed by atoms with E-state index in [0.29, 0.717) is 12.0 Å². The number of rotatable bonds is 19. The predicted octanol–water partition coefficient (Wildman–Crippen LogP) is -1.37. The number of carbonyl (C=O) groups excluding carboxylic acids is 3. The zero-order valence-electron chi connectivity index (χ0n) is 27.0. The molecule has 0 saturated carbocycles. The highest BCUT2D eigenvalue weighted by molar-refractivity contribution is 5.95. The number of carboxylic acid groups (broad SMARTS) is 1. The van der Waals surface area contributed by atoms with Gasteiger partial charge in [0.2, 0.25) is 17.7 Å². The summed E-state index contributed by atoms with van der Waals surface area (Å²) >= 11 is 0. The fraction of sp³-hybridized carbons (Fsp3) is 0.375. The van der Waals surface area contributed by atoms with Crippen molar-refractivity contribution in [3.05, 3.63) is 65.9 Å². The Hall–Kier alpha value is -5.84. The summed E-state index contributed by atoms with van der Waals surface area (Å²) in [6.45, 7) is 0.420. The molecule has 3 rings (SSSR count). The summed E-state index contributed by atoms with van der Waals surface area (Å²) in [4.78, 5) is 63.6. The summed E-state index contributed by atoms with van der Waals surface area (Å²) in [6, 6.07) is 8.67. The molecular weight excluding hydrogens is 634 g/mol. The van der Waals surface area contributed by atoms with Crippen molar-refractivity contribution in [2.45, 2.75) is 62.7 Å². The number of H-pyrrole nitrogens is 1. The third kappa shape index (κ3) is 12.4. The highest BCUT2D eigenvalue weighted by Gasteiger charge is 2.31. The van der Waals surface area contributed by atoms with Gasteiger partial charge in [-0.2, -0.15) is 0 Å². The van der Waals surface area contributed by atoms with E-state index in [0.717, 1.165) is 16.5 Å². The number of nitrogens with two attached hydrogens (primary N) is 5. The number of aromatic amines is 1. The third-order valence-corrected chi connectivity index (χ3v) is 7.61. The standard InChI is InChI=1S/C32H45N11O6/c33-22(6-3-13-38-31(34)35)27(45)42-26(16-19-17-40-23-7-2-1-5-21(19)23)29(47)43-25(15-18-9-11-20(44)12-10-18)28(46)41-24(30(48)49)8-4-14-39-32(36)37/h1-2,5,7,9-12,17,22,24-26,40,44H,3-4,6,8,13-16,33H2,(H,41,46)(H,42,45)(H,43,47)(H,48,49)(H4,34,35,38)(H4,36,37,39). The maximum absolute atomic E-state index is 14.0. The first-order valence-electron chi connectivity index (χ1n) is 15.7. The van der Waals surface area contributed by atoms with Crippen LogP contribution in [0.5, 0.6) is 5.75 Å². The number of amides is 3. The van der Waals surface area contributed by atoms with Crippen molar-refractivity contribution in [3.8, 4) is 5.75 Å². The number of aliphatic imine (C=N–C) groups is 2. The van der Waals surface area contributed by atoms with Crippen LogP contribution in [-0.4, -0.2) is 88.1 Å². The largest absolute Gasteiger partial charge is 0.508 e. The maximum Gasteiger partial charge on any atom is 0.326 e. The minimum atomic E-state index is -1.31. The van der Waals surface area contributed by atoms with Gasteiger partial charge in [-0.05, 0) is 55.0 Å². The molecule has 49 heavy (non-hydrogen) atoms. The molecule has 0 saturated heterocycles. The van der Waals surface area contributed by atoms with E-state index in [1.54, 1.807) is 18.3 Å². The number of hydrogen-bond donors (Lipinski definition) is 11. The molecule has 0 spiro atoms. The van der Waals surface area contributed by atoms with E-state index < -0.39 is 47.9 Å². The Kier molecular flexibility index (Phi) is 14.2. The Morgan fingerprint density at radius 3 is 1.90 bits per heavy atom. The first-order valence-corrected chi connectivity index (χ1v) is 15.7. The second-order valence-electron chi connectivity index (χ2n) is 11.5. The number of hydrogen-bond acceptors (Lipinski definition) is 8. The maximum atomic E-state index is 14.0. The number of nitrogens with zero attached hydrogens (tertiary/aromatic N) is 2. The van der Waals surface area contributed by atoms with E-state index in [2.05, 4.69) is 30.9 Å². The van der Waals surface area contributed by atoms with Crippen molar-refractivity contribution in [1.29, 1.82) is 0 Å². The van der Waals surface area contributed by atoms with E-state index in [4.69, 9.17) is 28.7 Å². The summed E-state index contributed by atoms with van der Waals surface area (Å²) < 4.78 is 0. The Balaban J connectivity index is 1.85. The van der Waals surface area contributed by atoms with Crippen molar-refractivity contribution in [1.82, 2.24) is 20.9 Å². The van der Waals surface area contributed by atoms with Crippen molar-refractivity contribution in [3.63, 3.8) is 0 Å². The van der Waals surface area contributed by atoms with Gasteiger partial charge < -0.3 is 59.8 Å². The zero-order valence-corrected chi connectivity index (χ0v) is 27.0. The van der Waals surface area contributed by atoms with Gasteiger partial charge >= 0.3 is 5.97 Å². The summed E-state index contributed by atoms with van der Waals surface area (Å²) in [5.41, 5.74) is 29.6. The van der Waals surface area contributed by atoms with Gasteiger partial charge in [-0.1, -0.05) is 30.3 Å². The first kappa shape index (κ1) is 37.6. The lowest BCUT2D eigenvalue weighted by molar-refractivity contribution is -0.142. The Labute approximate surface area is 282 Å². The fourth-order valence-corrected chi connectivity index (χ4v) is 5.04. The summed E-state index contributed by atoms with van der Waals surface area (Å²) in [5, 5.41) is 28.3. The minimum Gasteiger partial charge on any atom is -0.508 e. The van der Waals surface area contributed by atoms with E-state index in [-0.39, 0.29) is 62.9 Å². The number of phenols is 1. The number of nitrogens with one attached hydrogen (secondary N) is 4. The van der Waals surface area contributed by atoms with Gasteiger partial charge in [0.05, 0.1) is 6.04 Å². The zero-order chi connectivity index (χ0) is 35.9. The van der Waals surface area contributed by atoms with Gasteiger partial charge in [-0.3, -0.25) is 24.4 Å². The molecule has 0 bridgehead atoms. The van der Waals surface area contributed by atoms with Crippen LogP contribution >= 0.6 is 0 Å². The molecule has 17 nitrogen and oxygen atoms in total. The van der Waals surface area contributed by atoms with Crippen LogP contribution < -0.4 is 44.6 Å². The molecule has 1 aromatic heterocycles. The van der Waals surface area contributed by atoms with E-state index in [1.165, 1.54) is 12.1 Å². The van der Waals surface area contributed by atoms with Crippen LogP contribution in [0.4, 0.5) is 0 Å². The van der Waals surface area contributed by atoms with Crippen LogP contribution in [-0.2, 0) is 32.0 Å². The molecule has 2 aromatic carbocycles. The number of aromatic hydroxyl groups is 1. The van der Waals surface area contributed by atoms with E-state index >= 15 is 0 Å². The number of para-hydroxylation sites is 1. The highest BCUT2D eigenvalue weighted by Crippen LogP contribution is 2.20. The quantitative estimate of drug-likeness (QED) is 0.0399. The molecule has 264 valence electrons. The van der Waals surface area contributed by atoms with Gasteiger partial charge in [-0.15, -0.1) is 0 Å². The van der Waals surface area contributed by atoms with Crippen LogP contribution in [0, 0.1) is 0 Å². The van der Waals surface area contributed by atoms with Gasteiger partial charge in [0.25, 0.3) is 0 Å². The van der Waals surface area contributed by atoms with Crippen LogP contribution in [0.25, 0.3) is 10.9 Å². The molecule has 1 heterocycles. The Morgan fingerprint density at radius 1 is 0.735 bits per heavy atom. The number of carbonyl (C=O) groups is 4. The van der Waals surface area contributed by atoms with Crippen LogP contribution in [0.2, 0.25) is 0 Å². The first-order chi connectivity index (χ1) is 23.3. The minimum absolute atomic E-state index is 0.00311. The van der Waals surface area contributed by atoms with Crippen molar-refractivity contribution < 1.29 is 29.4 Å². The molecule has 0 fully saturated rings.